The Morgan fingerprint density at radius 2 is 1.83 bits per heavy atom. The zero-order valence-corrected chi connectivity index (χ0v) is 16.3. The molecule has 3 aromatic carbocycles. The molecule has 0 bridgehead atoms. The van der Waals surface area contributed by atoms with Gasteiger partial charge >= 0.3 is 0 Å². The molecule has 7 nitrogen and oxygen atoms in total. The fourth-order valence-electron chi connectivity index (χ4n) is 2.81. The first-order chi connectivity index (χ1) is 14.0. The van der Waals surface area contributed by atoms with Crippen LogP contribution in [0.4, 0.5) is 15.9 Å². The number of anilines is 2. The van der Waals surface area contributed by atoms with Crippen molar-refractivity contribution in [1.29, 1.82) is 5.41 Å². The lowest BCUT2D eigenvalue weighted by molar-refractivity contribution is 0.102. The topological polar surface area (TPSA) is 104 Å². The van der Waals surface area contributed by atoms with Crippen LogP contribution in [0.5, 0.6) is 0 Å². The van der Waals surface area contributed by atoms with Crippen molar-refractivity contribution in [3.63, 3.8) is 0 Å². The fraction of sp³-hybridized carbons (Fsp3) is 0. The first kappa shape index (κ1) is 18.8. The van der Waals surface area contributed by atoms with Gasteiger partial charge in [0.05, 0.1) is 4.47 Å². The van der Waals surface area contributed by atoms with Crippen LogP contribution >= 0.6 is 15.9 Å². The van der Waals surface area contributed by atoms with Gasteiger partial charge in [0.1, 0.15) is 5.82 Å². The fourth-order valence-corrected chi connectivity index (χ4v) is 3.19. The van der Waals surface area contributed by atoms with Gasteiger partial charge in [-0.25, -0.2) is 9.02 Å². The van der Waals surface area contributed by atoms with Crippen LogP contribution in [-0.4, -0.2) is 22.1 Å². The van der Waals surface area contributed by atoms with Crippen LogP contribution in [-0.2, 0) is 0 Å². The van der Waals surface area contributed by atoms with Crippen molar-refractivity contribution in [2.45, 2.75) is 0 Å². The Morgan fingerprint density at radius 1 is 1.03 bits per heavy atom. The number of nitrogens with zero attached hydrogens (tertiary/aromatic N) is 2. The summed E-state index contributed by atoms with van der Waals surface area (Å²) in [4.78, 5) is 12.8. The number of amidine groups is 1. The molecule has 29 heavy (non-hydrogen) atoms. The molecule has 0 aliphatic rings. The van der Waals surface area contributed by atoms with E-state index in [1.807, 2.05) is 30.3 Å². The molecule has 9 heteroatoms. The number of halogens is 2. The summed E-state index contributed by atoms with van der Waals surface area (Å²) < 4.78 is 18.3. The van der Waals surface area contributed by atoms with E-state index in [1.54, 1.807) is 12.1 Å². The second-order valence-corrected chi connectivity index (χ2v) is 6.93. The van der Waals surface area contributed by atoms with Crippen molar-refractivity contribution in [2.24, 2.45) is 0 Å². The summed E-state index contributed by atoms with van der Waals surface area (Å²) in [5.74, 6) is -0.996. The van der Waals surface area contributed by atoms with E-state index in [1.165, 1.54) is 18.2 Å². The van der Waals surface area contributed by atoms with Crippen molar-refractivity contribution < 1.29 is 13.8 Å². The lowest BCUT2D eigenvalue weighted by Gasteiger charge is -2.09. The minimum absolute atomic E-state index is 0.00149. The van der Waals surface area contributed by atoms with E-state index in [9.17, 15) is 9.18 Å². The van der Waals surface area contributed by atoms with Crippen molar-refractivity contribution in [3.8, 4) is 0 Å². The van der Waals surface area contributed by atoms with Gasteiger partial charge in [-0.15, -0.1) is 0 Å². The zero-order valence-electron chi connectivity index (χ0n) is 14.7. The van der Waals surface area contributed by atoms with Crippen LogP contribution in [0.1, 0.15) is 16.1 Å². The Hall–Kier alpha value is -3.59. The quantitative estimate of drug-likeness (QED) is 0.303. The summed E-state index contributed by atoms with van der Waals surface area (Å²) >= 11 is 3.09. The van der Waals surface area contributed by atoms with Gasteiger partial charge in [0.15, 0.2) is 11.5 Å². The molecule has 0 spiro atoms. The highest BCUT2D eigenvalue weighted by atomic mass is 79.9. The summed E-state index contributed by atoms with van der Waals surface area (Å²) in [5.41, 5.74) is 0.927. The Bertz CT molecular complexity index is 1240. The number of rotatable bonds is 4. The van der Waals surface area contributed by atoms with Crippen LogP contribution in [0.25, 0.3) is 10.8 Å². The number of benzene rings is 3. The molecule has 0 saturated heterocycles. The Balaban J connectivity index is 1.56. The average Bonchev–Trinajstić information content (AvgIpc) is 3.18. The number of hydrogen-bond donors (Lipinski definition) is 3. The highest BCUT2D eigenvalue weighted by Gasteiger charge is 2.19. The molecule has 1 aromatic heterocycles. The highest BCUT2D eigenvalue weighted by Crippen LogP contribution is 2.22. The van der Waals surface area contributed by atoms with E-state index in [-0.39, 0.29) is 21.8 Å². The van der Waals surface area contributed by atoms with Crippen LogP contribution in [0.2, 0.25) is 0 Å². The largest absolute Gasteiger partial charge is 0.339 e. The maximum Gasteiger partial charge on any atom is 0.257 e. The third-order valence-corrected chi connectivity index (χ3v) is 4.79. The van der Waals surface area contributed by atoms with E-state index < -0.39 is 11.7 Å². The lowest BCUT2D eigenvalue weighted by Crippen LogP contribution is -2.18. The zero-order chi connectivity index (χ0) is 20.4. The molecule has 4 aromatic rings. The molecule has 1 amide bonds. The second-order valence-electron chi connectivity index (χ2n) is 6.07. The normalized spacial score (nSPS) is 10.7. The Kier molecular flexibility index (Phi) is 5.05. The van der Waals surface area contributed by atoms with E-state index in [4.69, 9.17) is 10.0 Å². The van der Waals surface area contributed by atoms with Crippen molar-refractivity contribution in [2.75, 3.05) is 10.6 Å². The summed E-state index contributed by atoms with van der Waals surface area (Å²) in [5, 5.41) is 22.7. The van der Waals surface area contributed by atoms with Gasteiger partial charge in [0.2, 0.25) is 5.82 Å². The molecule has 0 radical (unpaired) electrons. The number of amides is 1. The molecule has 0 aliphatic heterocycles. The van der Waals surface area contributed by atoms with Gasteiger partial charge in [-0.05, 0) is 61.3 Å². The van der Waals surface area contributed by atoms with Crippen LogP contribution in [0.3, 0.4) is 0 Å². The first-order valence-electron chi connectivity index (χ1n) is 8.45. The Morgan fingerprint density at radius 3 is 2.66 bits per heavy atom. The van der Waals surface area contributed by atoms with Gasteiger partial charge in [0.25, 0.3) is 5.91 Å². The van der Waals surface area contributed by atoms with Crippen LogP contribution in [0.15, 0.2) is 69.8 Å². The number of fused-ring (bicyclic) bond motifs is 1. The lowest BCUT2D eigenvalue weighted by atomic mass is 10.0. The van der Waals surface area contributed by atoms with E-state index >= 15 is 0 Å². The molecule has 0 atom stereocenters. The van der Waals surface area contributed by atoms with Gasteiger partial charge in [-0.3, -0.25) is 10.2 Å². The van der Waals surface area contributed by atoms with E-state index in [0.717, 1.165) is 10.8 Å². The molecule has 144 valence electrons. The molecule has 0 unspecified atom stereocenters. The standard InChI is InChI=1S/C20H13BrFN5O2/c21-15-10-12(8-9-16(15)22)24-18(23)17-19(27-29-26-17)25-20(28)14-7-3-5-11-4-1-2-6-13(11)14/h1-10H,(H2,23,24)(H,25,27,28). The maximum absolute atomic E-state index is 13.4. The van der Waals surface area contributed by atoms with E-state index in [0.29, 0.717) is 11.3 Å². The maximum atomic E-state index is 13.4. The van der Waals surface area contributed by atoms with E-state index in [2.05, 4.69) is 36.9 Å². The molecule has 4 rings (SSSR count). The summed E-state index contributed by atoms with van der Waals surface area (Å²) in [6.45, 7) is 0. The molecule has 1 heterocycles. The SMILES string of the molecule is N=C(Nc1ccc(F)c(Br)c1)c1nonc1NC(=O)c1cccc2ccccc12. The summed E-state index contributed by atoms with van der Waals surface area (Å²) in [6.07, 6.45) is 0. The molecular weight excluding hydrogens is 441 g/mol. The predicted octanol–water partition coefficient (Wildman–Crippen LogP) is 4.81. The predicted molar refractivity (Wildman–Crippen MR) is 111 cm³/mol. The summed E-state index contributed by atoms with van der Waals surface area (Å²) in [7, 11) is 0. The number of hydrogen-bond acceptors (Lipinski definition) is 5. The minimum atomic E-state index is -0.423. The van der Waals surface area contributed by atoms with Crippen molar-refractivity contribution >= 4 is 50.0 Å². The van der Waals surface area contributed by atoms with Crippen molar-refractivity contribution in [1.82, 2.24) is 10.3 Å². The smallest absolute Gasteiger partial charge is 0.257 e. The number of nitrogens with one attached hydrogen (secondary N) is 3. The third kappa shape index (κ3) is 3.85. The first-order valence-corrected chi connectivity index (χ1v) is 9.25. The summed E-state index contributed by atoms with van der Waals surface area (Å²) in [6, 6.07) is 17.1. The number of aromatic nitrogens is 2. The second kappa shape index (κ2) is 7.80. The molecule has 0 fully saturated rings. The minimum Gasteiger partial charge on any atom is -0.339 e. The monoisotopic (exact) mass is 453 g/mol. The molecule has 0 saturated carbocycles. The van der Waals surface area contributed by atoms with Crippen molar-refractivity contribution in [3.05, 3.63) is 82.2 Å². The number of carbonyl (C=O) groups excluding carboxylic acids is 1. The number of carbonyl (C=O) groups is 1. The van der Waals surface area contributed by atoms with Gasteiger partial charge < -0.3 is 10.6 Å². The third-order valence-electron chi connectivity index (χ3n) is 4.18. The highest BCUT2D eigenvalue weighted by molar-refractivity contribution is 9.10. The van der Waals surface area contributed by atoms with Gasteiger partial charge in [0, 0.05) is 11.3 Å². The van der Waals surface area contributed by atoms with Crippen LogP contribution in [0, 0.1) is 11.2 Å². The van der Waals surface area contributed by atoms with Gasteiger partial charge in [-0.1, -0.05) is 36.4 Å². The average molecular weight is 454 g/mol. The Labute approximate surface area is 172 Å². The molecule has 3 N–H and O–H groups in total. The molecular formula is C20H13BrFN5O2. The molecule has 0 aliphatic carbocycles. The van der Waals surface area contributed by atoms with Gasteiger partial charge in [-0.2, -0.15) is 0 Å². The van der Waals surface area contributed by atoms with Crippen LogP contribution < -0.4 is 10.6 Å².